The van der Waals surface area contributed by atoms with Gasteiger partial charge >= 0.3 is 6.09 Å². The second-order valence-corrected chi connectivity index (χ2v) is 6.44. The lowest BCUT2D eigenvalue weighted by Gasteiger charge is -2.25. The van der Waals surface area contributed by atoms with Crippen LogP contribution in [0.5, 0.6) is 5.75 Å². The first-order valence-electron chi connectivity index (χ1n) is 7.73. The van der Waals surface area contributed by atoms with Crippen LogP contribution in [0.1, 0.15) is 52.6 Å². The van der Waals surface area contributed by atoms with Gasteiger partial charge in [-0.05, 0) is 40.2 Å². The molecular formula is C17H28N2O3. The molecule has 3 N–H and O–H groups in total. The van der Waals surface area contributed by atoms with E-state index in [1.807, 2.05) is 46.8 Å². The molecule has 2 atom stereocenters. The lowest BCUT2D eigenvalue weighted by molar-refractivity contribution is 0.0521. The van der Waals surface area contributed by atoms with E-state index in [4.69, 9.17) is 4.74 Å². The SMILES string of the molecule is CCC(CNC(=O)OC(C)(C)C)NC(C)c1ccccc1O. The molecule has 1 amide bonds. The van der Waals surface area contributed by atoms with Crippen molar-refractivity contribution in [2.45, 2.75) is 58.7 Å². The van der Waals surface area contributed by atoms with Crippen LogP contribution in [0.25, 0.3) is 0 Å². The number of nitrogens with one attached hydrogen (secondary N) is 2. The Morgan fingerprint density at radius 3 is 2.50 bits per heavy atom. The van der Waals surface area contributed by atoms with Gasteiger partial charge in [-0.25, -0.2) is 4.79 Å². The number of hydrogen-bond acceptors (Lipinski definition) is 4. The standard InChI is InChI=1S/C17H28N2O3/c1-6-13(11-18-16(21)22-17(3,4)5)19-12(2)14-9-7-8-10-15(14)20/h7-10,12-13,19-20H,6,11H2,1-5H3,(H,18,21). The van der Waals surface area contributed by atoms with E-state index in [-0.39, 0.29) is 17.8 Å². The Morgan fingerprint density at radius 2 is 1.95 bits per heavy atom. The van der Waals surface area contributed by atoms with Crippen molar-refractivity contribution >= 4 is 6.09 Å². The molecule has 2 unspecified atom stereocenters. The molecule has 1 aromatic carbocycles. The van der Waals surface area contributed by atoms with E-state index in [1.165, 1.54) is 0 Å². The molecule has 5 nitrogen and oxygen atoms in total. The second kappa shape index (κ2) is 8.03. The summed E-state index contributed by atoms with van der Waals surface area (Å²) in [5.41, 5.74) is 0.348. The minimum atomic E-state index is -0.498. The van der Waals surface area contributed by atoms with Crippen LogP contribution in [-0.2, 0) is 4.74 Å². The van der Waals surface area contributed by atoms with Crippen LogP contribution in [0.15, 0.2) is 24.3 Å². The number of ether oxygens (including phenoxy) is 1. The summed E-state index contributed by atoms with van der Waals surface area (Å²) in [7, 11) is 0. The zero-order valence-electron chi connectivity index (χ0n) is 14.1. The third kappa shape index (κ3) is 6.35. The lowest BCUT2D eigenvalue weighted by atomic mass is 10.1. The Hall–Kier alpha value is -1.75. The van der Waals surface area contributed by atoms with Crippen molar-refractivity contribution in [2.24, 2.45) is 0 Å². The van der Waals surface area contributed by atoms with Gasteiger partial charge in [0.2, 0.25) is 0 Å². The number of phenols is 1. The molecule has 5 heteroatoms. The van der Waals surface area contributed by atoms with Gasteiger partial charge in [-0.15, -0.1) is 0 Å². The fourth-order valence-electron chi connectivity index (χ4n) is 2.14. The van der Waals surface area contributed by atoms with Crippen LogP contribution < -0.4 is 10.6 Å². The van der Waals surface area contributed by atoms with Crippen molar-refractivity contribution < 1.29 is 14.6 Å². The molecule has 0 heterocycles. The number of para-hydroxylation sites is 1. The Kier molecular flexibility index (Phi) is 6.68. The summed E-state index contributed by atoms with van der Waals surface area (Å²) in [6.07, 6.45) is 0.441. The molecule has 0 saturated carbocycles. The first-order valence-corrected chi connectivity index (χ1v) is 7.73. The van der Waals surface area contributed by atoms with Crippen molar-refractivity contribution in [2.75, 3.05) is 6.54 Å². The zero-order chi connectivity index (χ0) is 16.8. The van der Waals surface area contributed by atoms with Gasteiger partial charge in [0.25, 0.3) is 0 Å². The third-order valence-electron chi connectivity index (χ3n) is 3.27. The summed E-state index contributed by atoms with van der Waals surface area (Å²) in [6.45, 7) is 10.0. The van der Waals surface area contributed by atoms with Gasteiger partial charge in [-0.3, -0.25) is 0 Å². The highest BCUT2D eigenvalue weighted by atomic mass is 16.6. The number of amides is 1. The number of benzene rings is 1. The number of carbonyl (C=O) groups excluding carboxylic acids is 1. The lowest BCUT2D eigenvalue weighted by Crippen LogP contribution is -2.43. The van der Waals surface area contributed by atoms with E-state index < -0.39 is 11.7 Å². The number of rotatable bonds is 6. The van der Waals surface area contributed by atoms with Crippen LogP contribution in [0, 0.1) is 0 Å². The maximum atomic E-state index is 11.7. The van der Waals surface area contributed by atoms with E-state index in [1.54, 1.807) is 12.1 Å². The number of phenolic OH excluding ortho intramolecular Hbond substituents is 1. The molecular weight excluding hydrogens is 280 g/mol. The molecule has 124 valence electrons. The Labute approximate surface area is 133 Å². The molecule has 0 aliphatic carbocycles. The molecule has 0 spiro atoms. The van der Waals surface area contributed by atoms with Gasteiger partial charge in [0, 0.05) is 24.2 Å². The van der Waals surface area contributed by atoms with Crippen LogP contribution in [0.4, 0.5) is 4.79 Å². The fraction of sp³-hybridized carbons (Fsp3) is 0.588. The molecule has 0 aliphatic rings. The molecule has 0 aromatic heterocycles. The highest BCUT2D eigenvalue weighted by Gasteiger charge is 2.18. The highest BCUT2D eigenvalue weighted by molar-refractivity contribution is 5.67. The van der Waals surface area contributed by atoms with Crippen molar-refractivity contribution in [3.05, 3.63) is 29.8 Å². The van der Waals surface area contributed by atoms with E-state index >= 15 is 0 Å². The smallest absolute Gasteiger partial charge is 0.407 e. The summed E-state index contributed by atoms with van der Waals surface area (Å²) < 4.78 is 5.22. The van der Waals surface area contributed by atoms with Crippen LogP contribution >= 0.6 is 0 Å². The average molecular weight is 308 g/mol. The summed E-state index contributed by atoms with van der Waals surface area (Å²) >= 11 is 0. The van der Waals surface area contributed by atoms with Crippen LogP contribution in [0.3, 0.4) is 0 Å². The number of aromatic hydroxyl groups is 1. The minimum absolute atomic E-state index is 0.00779. The van der Waals surface area contributed by atoms with Gasteiger partial charge in [0.1, 0.15) is 11.4 Å². The van der Waals surface area contributed by atoms with Crippen molar-refractivity contribution in [3.63, 3.8) is 0 Å². The molecule has 22 heavy (non-hydrogen) atoms. The number of hydrogen-bond donors (Lipinski definition) is 3. The van der Waals surface area contributed by atoms with Crippen molar-refractivity contribution in [3.8, 4) is 5.75 Å². The predicted octanol–water partition coefficient (Wildman–Crippen LogP) is 3.35. The minimum Gasteiger partial charge on any atom is -0.508 e. The molecule has 0 fully saturated rings. The Morgan fingerprint density at radius 1 is 1.32 bits per heavy atom. The quantitative estimate of drug-likeness (QED) is 0.754. The molecule has 1 rings (SSSR count). The topological polar surface area (TPSA) is 70.6 Å². The maximum absolute atomic E-state index is 11.7. The summed E-state index contributed by atoms with van der Waals surface area (Å²) in [5, 5.41) is 16.1. The van der Waals surface area contributed by atoms with E-state index in [2.05, 4.69) is 10.6 Å². The number of carbonyl (C=O) groups is 1. The Bertz CT molecular complexity index is 483. The normalized spacial score (nSPS) is 14.2. The number of alkyl carbamates (subject to hydrolysis) is 1. The van der Waals surface area contributed by atoms with Crippen molar-refractivity contribution in [1.82, 2.24) is 10.6 Å². The van der Waals surface area contributed by atoms with Crippen LogP contribution in [-0.4, -0.2) is 29.4 Å². The van der Waals surface area contributed by atoms with Gasteiger partial charge in [0.05, 0.1) is 0 Å². The van der Waals surface area contributed by atoms with Crippen LogP contribution in [0.2, 0.25) is 0 Å². The van der Waals surface area contributed by atoms with Gasteiger partial charge in [-0.2, -0.15) is 0 Å². The van der Waals surface area contributed by atoms with E-state index in [0.717, 1.165) is 12.0 Å². The predicted molar refractivity (Wildman–Crippen MR) is 88.0 cm³/mol. The second-order valence-electron chi connectivity index (χ2n) is 6.44. The largest absolute Gasteiger partial charge is 0.508 e. The molecule has 0 saturated heterocycles. The van der Waals surface area contributed by atoms with Gasteiger partial charge in [-0.1, -0.05) is 25.1 Å². The first kappa shape index (κ1) is 18.3. The van der Waals surface area contributed by atoms with Gasteiger partial charge < -0.3 is 20.5 Å². The molecule has 0 radical (unpaired) electrons. The van der Waals surface area contributed by atoms with E-state index in [0.29, 0.717) is 6.54 Å². The summed E-state index contributed by atoms with van der Waals surface area (Å²) in [5.74, 6) is 0.275. The molecule has 0 bridgehead atoms. The van der Waals surface area contributed by atoms with Crippen molar-refractivity contribution in [1.29, 1.82) is 0 Å². The monoisotopic (exact) mass is 308 g/mol. The summed E-state index contributed by atoms with van der Waals surface area (Å²) in [6, 6.07) is 7.35. The summed E-state index contributed by atoms with van der Waals surface area (Å²) in [4.78, 5) is 11.7. The molecule has 1 aromatic rings. The average Bonchev–Trinajstić information content (AvgIpc) is 2.41. The first-order chi connectivity index (χ1) is 10.2. The van der Waals surface area contributed by atoms with Gasteiger partial charge in [0.15, 0.2) is 0 Å². The highest BCUT2D eigenvalue weighted by Crippen LogP contribution is 2.23. The third-order valence-corrected chi connectivity index (χ3v) is 3.27. The molecule has 0 aliphatic heterocycles. The Balaban J connectivity index is 2.52. The maximum Gasteiger partial charge on any atom is 0.407 e. The zero-order valence-corrected chi connectivity index (χ0v) is 14.1. The fourth-order valence-corrected chi connectivity index (χ4v) is 2.14. The van der Waals surface area contributed by atoms with E-state index in [9.17, 15) is 9.90 Å².